The third-order valence-corrected chi connectivity index (χ3v) is 5.18. The number of nitriles is 1. The minimum atomic E-state index is 0.168. The maximum Gasteiger partial charge on any atom is 0.232 e. The van der Waals surface area contributed by atoms with Crippen molar-refractivity contribution in [2.45, 2.75) is 18.9 Å². The van der Waals surface area contributed by atoms with Crippen molar-refractivity contribution in [1.29, 1.82) is 5.26 Å². The molecule has 1 aliphatic heterocycles. The first-order valence-corrected chi connectivity index (χ1v) is 9.71. The standard InChI is InChI=1S/C22H23N5O2/c1-28-18-8-6-16(7-9-18)20(27-11-2-3-12-27)15-25-22-19(13-23)26-21(29-22)17-5-4-10-24-14-17/h4-10,14,20,25H,2-3,11-12,15H2,1H3/t20-/m0/s1. The molecule has 29 heavy (non-hydrogen) atoms. The number of oxazole rings is 1. The fraction of sp³-hybridized carbons (Fsp3) is 0.318. The molecule has 3 heterocycles. The van der Waals surface area contributed by atoms with Crippen molar-refractivity contribution in [2.24, 2.45) is 0 Å². The predicted octanol–water partition coefficient (Wildman–Crippen LogP) is 3.87. The summed E-state index contributed by atoms with van der Waals surface area (Å²) in [4.78, 5) is 10.9. The molecule has 0 unspecified atom stereocenters. The van der Waals surface area contributed by atoms with Crippen LogP contribution in [0.5, 0.6) is 5.75 Å². The SMILES string of the molecule is COc1ccc([C@H](CNc2oc(-c3cccnc3)nc2C#N)N2CCCC2)cc1. The number of hydrogen-bond acceptors (Lipinski definition) is 7. The third-order valence-electron chi connectivity index (χ3n) is 5.18. The van der Waals surface area contributed by atoms with Crippen LogP contribution in [0.15, 0.2) is 53.2 Å². The van der Waals surface area contributed by atoms with Crippen LogP contribution in [0.25, 0.3) is 11.5 Å². The van der Waals surface area contributed by atoms with Gasteiger partial charge < -0.3 is 14.5 Å². The maximum atomic E-state index is 9.48. The number of rotatable bonds is 7. The Bertz CT molecular complexity index is 973. The Labute approximate surface area is 170 Å². The normalized spacial score (nSPS) is 15.0. The van der Waals surface area contributed by atoms with E-state index in [1.807, 2.05) is 24.3 Å². The van der Waals surface area contributed by atoms with Crippen molar-refractivity contribution >= 4 is 5.88 Å². The van der Waals surface area contributed by atoms with E-state index in [4.69, 9.17) is 9.15 Å². The van der Waals surface area contributed by atoms with Gasteiger partial charge in [0.15, 0.2) is 0 Å². The van der Waals surface area contributed by atoms with Gasteiger partial charge in [-0.05, 0) is 55.8 Å². The number of methoxy groups -OCH3 is 1. The Hall–Kier alpha value is -3.37. The number of aromatic nitrogens is 2. The lowest BCUT2D eigenvalue weighted by atomic mass is 10.1. The minimum absolute atomic E-state index is 0.168. The molecule has 1 fully saturated rings. The number of nitrogens with zero attached hydrogens (tertiary/aromatic N) is 4. The van der Waals surface area contributed by atoms with Gasteiger partial charge in [0.2, 0.25) is 17.5 Å². The van der Waals surface area contributed by atoms with Crippen molar-refractivity contribution in [1.82, 2.24) is 14.9 Å². The second-order valence-corrected chi connectivity index (χ2v) is 6.96. The first-order valence-electron chi connectivity index (χ1n) is 9.71. The van der Waals surface area contributed by atoms with Gasteiger partial charge in [-0.25, -0.2) is 0 Å². The molecule has 0 spiro atoms. The van der Waals surface area contributed by atoms with Gasteiger partial charge in [0.1, 0.15) is 11.8 Å². The molecule has 1 aromatic carbocycles. The van der Waals surface area contributed by atoms with Gasteiger partial charge in [-0.3, -0.25) is 9.88 Å². The fourth-order valence-electron chi connectivity index (χ4n) is 3.65. The Morgan fingerprint density at radius 2 is 2.03 bits per heavy atom. The molecular formula is C22H23N5O2. The number of nitrogens with one attached hydrogen (secondary N) is 1. The van der Waals surface area contributed by atoms with Crippen molar-refractivity contribution in [3.63, 3.8) is 0 Å². The summed E-state index contributed by atoms with van der Waals surface area (Å²) in [5, 5.41) is 12.8. The highest BCUT2D eigenvalue weighted by molar-refractivity contribution is 5.57. The number of ether oxygens (including phenoxy) is 1. The maximum absolute atomic E-state index is 9.48. The summed E-state index contributed by atoms with van der Waals surface area (Å²) in [5.41, 5.74) is 2.19. The number of hydrogen-bond donors (Lipinski definition) is 1. The van der Waals surface area contributed by atoms with E-state index in [1.165, 1.54) is 18.4 Å². The van der Waals surface area contributed by atoms with Crippen LogP contribution >= 0.6 is 0 Å². The number of benzene rings is 1. The molecule has 7 heteroatoms. The van der Waals surface area contributed by atoms with Crippen molar-refractivity contribution in [3.05, 3.63) is 60.0 Å². The second-order valence-electron chi connectivity index (χ2n) is 6.96. The van der Waals surface area contributed by atoms with Gasteiger partial charge >= 0.3 is 0 Å². The van der Waals surface area contributed by atoms with Gasteiger partial charge in [0.05, 0.1) is 18.7 Å². The van der Waals surface area contributed by atoms with Gasteiger partial charge in [-0.15, -0.1) is 0 Å². The van der Waals surface area contributed by atoms with Crippen LogP contribution in [0, 0.1) is 11.3 Å². The summed E-state index contributed by atoms with van der Waals surface area (Å²) >= 11 is 0. The molecule has 2 aromatic heterocycles. The zero-order chi connectivity index (χ0) is 20.1. The first-order chi connectivity index (χ1) is 14.3. The Morgan fingerprint density at radius 1 is 1.24 bits per heavy atom. The van der Waals surface area contributed by atoms with Crippen molar-refractivity contribution in [3.8, 4) is 23.3 Å². The highest BCUT2D eigenvalue weighted by Gasteiger charge is 2.25. The van der Waals surface area contributed by atoms with Crippen LogP contribution in [-0.2, 0) is 0 Å². The summed E-state index contributed by atoms with van der Waals surface area (Å²) in [6.07, 6.45) is 5.75. The molecular weight excluding hydrogens is 366 g/mol. The molecule has 0 radical (unpaired) electrons. The Balaban J connectivity index is 1.55. The molecule has 1 saturated heterocycles. The van der Waals surface area contributed by atoms with E-state index in [0.29, 0.717) is 18.3 Å². The quantitative estimate of drug-likeness (QED) is 0.656. The lowest BCUT2D eigenvalue weighted by Crippen LogP contribution is -2.31. The monoisotopic (exact) mass is 389 g/mol. The van der Waals surface area contributed by atoms with E-state index < -0.39 is 0 Å². The highest BCUT2D eigenvalue weighted by Crippen LogP contribution is 2.29. The Kier molecular flexibility index (Phi) is 5.73. The molecule has 3 aromatic rings. The second kappa shape index (κ2) is 8.76. The molecule has 0 aliphatic carbocycles. The molecule has 1 aliphatic rings. The van der Waals surface area contributed by atoms with Crippen molar-refractivity contribution in [2.75, 3.05) is 32.1 Å². The smallest absolute Gasteiger partial charge is 0.232 e. The number of anilines is 1. The van der Waals surface area contributed by atoms with Crippen molar-refractivity contribution < 1.29 is 9.15 Å². The van der Waals surface area contributed by atoms with Gasteiger partial charge in [0, 0.05) is 18.9 Å². The average Bonchev–Trinajstić information content (AvgIpc) is 3.45. The minimum Gasteiger partial charge on any atom is -0.497 e. The van der Waals surface area contributed by atoms with E-state index in [9.17, 15) is 5.26 Å². The summed E-state index contributed by atoms with van der Waals surface area (Å²) in [6.45, 7) is 2.73. The van der Waals surface area contributed by atoms with E-state index in [1.54, 1.807) is 19.5 Å². The molecule has 0 saturated carbocycles. The molecule has 7 nitrogen and oxygen atoms in total. The van der Waals surface area contributed by atoms with Crippen LogP contribution in [0.3, 0.4) is 0 Å². The fourth-order valence-corrected chi connectivity index (χ4v) is 3.65. The lowest BCUT2D eigenvalue weighted by molar-refractivity contribution is 0.255. The third kappa shape index (κ3) is 4.23. The highest BCUT2D eigenvalue weighted by atomic mass is 16.5. The molecule has 148 valence electrons. The van der Waals surface area contributed by atoms with Crippen LogP contribution in [-0.4, -0.2) is 41.6 Å². The zero-order valence-electron chi connectivity index (χ0n) is 16.3. The van der Waals surface area contributed by atoms with Crippen LogP contribution in [0.4, 0.5) is 5.88 Å². The van der Waals surface area contributed by atoms with Crippen LogP contribution < -0.4 is 10.1 Å². The number of likely N-dealkylation sites (tertiary alicyclic amines) is 1. The van der Waals surface area contributed by atoms with Gasteiger partial charge in [0.25, 0.3) is 0 Å². The lowest BCUT2D eigenvalue weighted by Gasteiger charge is -2.28. The summed E-state index contributed by atoms with van der Waals surface area (Å²) in [6, 6.07) is 14.1. The Morgan fingerprint density at radius 3 is 2.69 bits per heavy atom. The van der Waals surface area contributed by atoms with E-state index in [-0.39, 0.29) is 11.7 Å². The van der Waals surface area contributed by atoms with E-state index in [0.717, 1.165) is 24.4 Å². The molecule has 0 amide bonds. The largest absolute Gasteiger partial charge is 0.497 e. The van der Waals surface area contributed by atoms with E-state index >= 15 is 0 Å². The summed E-state index contributed by atoms with van der Waals surface area (Å²) in [7, 11) is 1.67. The average molecular weight is 389 g/mol. The topological polar surface area (TPSA) is 87.2 Å². The number of pyridine rings is 1. The van der Waals surface area contributed by atoms with Gasteiger partial charge in [-0.2, -0.15) is 10.2 Å². The predicted molar refractivity (Wildman–Crippen MR) is 109 cm³/mol. The van der Waals surface area contributed by atoms with Crippen LogP contribution in [0.2, 0.25) is 0 Å². The molecule has 1 N–H and O–H groups in total. The molecule has 0 bridgehead atoms. The van der Waals surface area contributed by atoms with E-state index in [2.05, 4.69) is 38.4 Å². The van der Waals surface area contributed by atoms with Crippen LogP contribution in [0.1, 0.15) is 30.1 Å². The molecule has 4 rings (SSSR count). The van der Waals surface area contributed by atoms with Gasteiger partial charge in [-0.1, -0.05) is 12.1 Å². The summed E-state index contributed by atoms with van der Waals surface area (Å²) < 4.78 is 11.1. The molecule has 1 atom stereocenters. The first kappa shape index (κ1) is 19.0. The zero-order valence-corrected chi connectivity index (χ0v) is 16.3. The summed E-state index contributed by atoms with van der Waals surface area (Å²) in [5.74, 6) is 1.62.